The molecule has 1 saturated heterocycles. The molecule has 3 heterocycles. The minimum absolute atomic E-state index is 0.0684. The lowest BCUT2D eigenvalue weighted by molar-refractivity contribution is -0.132. The molecule has 2 aromatic heterocycles. The van der Waals surface area contributed by atoms with Gasteiger partial charge < -0.3 is 4.90 Å². The Kier molecular flexibility index (Phi) is 6.79. The van der Waals surface area contributed by atoms with Crippen molar-refractivity contribution in [2.24, 2.45) is 0 Å². The van der Waals surface area contributed by atoms with E-state index in [-0.39, 0.29) is 18.2 Å². The molecule has 2 amide bonds. The number of amides is 2. The van der Waals surface area contributed by atoms with Gasteiger partial charge in [0, 0.05) is 43.1 Å². The van der Waals surface area contributed by atoms with Gasteiger partial charge in [-0.1, -0.05) is 29.8 Å². The number of thiophene rings is 1. The van der Waals surface area contributed by atoms with E-state index in [1.54, 1.807) is 6.07 Å². The van der Waals surface area contributed by atoms with Crippen LogP contribution in [0, 0.1) is 0 Å². The Bertz CT molecular complexity index is 1010. The summed E-state index contributed by atoms with van der Waals surface area (Å²) < 4.78 is 0. The highest BCUT2D eigenvalue weighted by molar-refractivity contribution is 7.14. The molecule has 30 heavy (non-hydrogen) atoms. The van der Waals surface area contributed by atoms with Gasteiger partial charge in [-0.2, -0.15) is 0 Å². The quantitative estimate of drug-likeness (QED) is 0.603. The fraction of sp³-hybridized carbons (Fsp3) is 0.286. The Morgan fingerprint density at radius 2 is 1.93 bits per heavy atom. The summed E-state index contributed by atoms with van der Waals surface area (Å²) in [5.74, 6) is -0.105. The fourth-order valence-corrected chi connectivity index (χ4v) is 4.86. The van der Waals surface area contributed by atoms with E-state index in [2.05, 4.69) is 21.3 Å². The van der Waals surface area contributed by atoms with Crippen molar-refractivity contribution in [3.63, 3.8) is 0 Å². The van der Waals surface area contributed by atoms with Crippen LogP contribution in [0.1, 0.15) is 20.9 Å². The molecule has 0 saturated carbocycles. The number of benzene rings is 1. The number of anilines is 1. The van der Waals surface area contributed by atoms with Crippen molar-refractivity contribution in [3.8, 4) is 0 Å². The molecule has 0 spiro atoms. The van der Waals surface area contributed by atoms with E-state index in [0.29, 0.717) is 28.8 Å². The lowest BCUT2D eigenvalue weighted by Gasteiger charge is -2.34. The van der Waals surface area contributed by atoms with Gasteiger partial charge in [0.2, 0.25) is 5.91 Å². The van der Waals surface area contributed by atoms with Crippen LogP contribution >= 0.6 is 34.3 Å². The number of halogens is 1. The van der Waals surface area contributed by atoms with Crippen LogP contribution in [0.25, 0.3) is 0 Å². The Balaban J connectivity index is 1.25. The standard InChI is InChI=1S/C21H21ClN4O2S2/c22-16-4-1-3-15(11-16)13-25-6-8-26(9-7-25)19(27)12-17-14-30-21(23-17)24-20(28)18-5-2-10-29-18/h1-5,10-11,14H,6-9,12-13H2,(H,23,24,28). The zero-order valence-electron chi connectivity index (χ0n) is 16.2. The molecule has 6 nitrogen and oxygen atoms in total. The van der Waals surface area contributed by atoms with Gasteiger partial charge >= 0.3 is 0 Å². The summed E-state index contributed by atoms with van der Waals surface area (Å²) in [6.07, 6.45) is 0.250. The molecule has 0 radical (unpaired) electrons. The summed E-state index contributed by atoms with van der Waals surface area (Å²) in [7, 11) is 0. The smallest absolute Gasteiger partial charge is 0.267 e. The molecule has 0 aliphatic carbocycles. The number of thiazole rings is 1. The zero-order valence-corrected chi connectivity index (χ0v) is 18.6. The average Bonchev–Trinajstić information content (AvgIpc) is 3.41. The third-order valence-electron chi connectivity index (χ3n) is 4.87. The first-order valence-corrected chi connectivity index (χ1v) is 11.7. The van der Waals surface area contributed by atoms with Crippen LogP contribution in [-0.4, -0.2) is 52.8 Å². The van der Waals surface area contributed by atoms with Crippen molar-refractivity contribution >= 4 is 51.2 Å². The van der Waals surface area contributed by atoms with Gasteiger partial charge in [-0.25, -0.2) is 4.98 Å². The predicted octanol–water partition coefficient (Wildman–Crippen LogP) is 4.00. The van der Waals surface area contributed by atoms with Crippen LogP contribution in [0.3, 0.4) is 0 Å². The molecule has 156 valence electrons. The average molecular weight is 461 g/mol. The van der Waals surface area contributed by atoms with Gasteiger partial charge in [-0.05, 0) is 29.1 Å². The number of carbonyl (C=O) groups excluding carboxylic acids is 2. The summed E-state index contributed by atoms with van der Waals surface area (Å²) in [6.45, 7) is 3.90. The minimum atomic E-state index is -0.173. The first kappa shape index (κ1) is 21.0. The van der Waals surface area contributed by atoms with Crippen LogP contribution in [0.4, 0.5) is 5.13 Å². The van der Waals surface area contributed by atoms with Crippen molar-refractivity contribution < 1.29 is 9.59 Å². The van der Waals surface area contributed by atoms with Crippen LogP contribution in [0.5, 0.6) is 0 Å². The maximum absolute atomic E-state index is 12.7. The molecule has 4 rings (SSSR count). The van der Waals surface area contributed by atoms with E-state index in [0.717, 1.165) is 24.7 Å². The molecule has 1 aromatic carbocycles. The van der Waals surface area contributed by atoms with Crippen molar-refractivity contribution in [2.45, 2.75) is 13.0 Å². The number of nitrogens with zero attached hydrogens (tertiary/aromatic N) is 3. The molecule has 1 fully saturated rings. The lowest BCUT2D eigenvalue weighted by Crippen LogP contribution is -2.48. The molecular weight excluding hydrogens is 440 g/mol. The SMILES string of the molecule is O=C(Nc1nc(CC(=O)N2CCN(Cc3cccc(Cl)c3)CC2)cs1)c1cccs1. The maximum atomic E-state index is 12.7. The number of piperazine rings is 1. The van der Waals surface area contributed by atoms with E-state index in [1.165, 1.54) is 28.2 Å². The lowest BCUT2D eigenvalue weighted by atomic mass is 10.2. The van der Waals surface area contributed by atoms with Crippen molar-refractivity contribution in [1.29, 1.82) is 0 Å². The Morgan fingerprint density at radius 1 is 1.10 bits per heavy atom. The molecule has 3 aromatic rings. The normalized spacial score (nSPS) is 14.6. The van der Waals surface area contributed by atoms with E-state index in [4.69, 9.17) is 11.6 Å². The number of nitrogens with one attached hydrogen (secondary N) is 1. The second-order valence-corrected chi connectivity index (χ2v) is 9.28. The second-order valence-electron chi connectivity index (χ2n) is 7.04. The van der Waals surface area contributed by atoms with E-state index in [9.17, 15) is 9.59 Å². The summed E-state index contributed by atoms with van der Waals surface area (Å²) in [4.78, 5) is 34.0. The highest BCUT2D eigenvalue weighted by Crippen LogP contribution is 2.19. The zero-order chi connectivity index (χ0) is 20.9. The number of hydrogen-bond acceptors (Lipinski definition) is 6. The Labute approximate surface area is 188 Å². The highest BCUT2D eigenvalue weighted by atomic mass is 35.5. The highest BCUT2D eigenvalue weighted by Gasteiger charge is 2.22. The molecule has 0 unspecified atom stereocenters. The van der Waals surface area contributed by atoms with Crippen LogP contribution in [0.2, 0.25) is 5.02 Å². The summed E-state index contributed by atoms with van der Waals surface area (Å²) >= 11 is 8.78. The van der Waals surface area contributed by atoms with Gasteiger partial charge in [-0.15, -0.1) is 22.7 Å². The molecule has 9 heteroatoms. The predicted molar refractivity (Wildman–Crippen MR) is 121 cm³/mol. The van der Waals surface area contributed by atoms with Crippen LogP contribution in [0.15, 0.2) is 47.2 Å². The monoisotopic (exact) mass is 460 g/mol. The van der Waals surface area contributed by atoms with Gasteiger partial charge in [-0.3, -0.25) is 19.8 Å². The second kappa shape index (κ2) is 9.70. The minimum Gasteiger partial charge on any atom is -0.340 e. The first-order chi connectivity index (χ1) is 14.6. The molecule has 1 aliphatic rings. The number of hydrogen-bond donors (Lipinski definition) is 1. The molecule has 0 bridgehead atoms. The molecule has 0 atom stereocenters. The van der Waals surface area contributed by atoms with E-state index >= 15 is 0 Å². The summed E-state index contributed by atoms with van der Waals surface area (Å²) in [5.41, 5.74) is 1.87. The van der Waals surface area contributed by atoms with Crippen molar-refractivity contribution in [2.75, 3.05) is 31.5 Å². The topological polar surface area (TPSA) is 65.5 Å². The number of aromatic nitrogens is 1. The van der Waals surface area contributed by atoms with Crippen LogP contribution < -0.4 is 5.32 Å². The maximum Gasteiger partial charge on any atom is 0.267 e. The van der Waals surface area contributed by atoms with Gasteiger partial charge in [0.25, 0.3) is 5.91 Å². The summed E-state index contributed by atoms with van der Waals surface area (Å²) in [5, 5.41) is 7.74. The van der Waals surface area contributed by atoms with E-state index < -0.39 is 0 Å². The fourth-order valence-electron chi connectivity index (χ4n) is 3.33. The molecular formula is C21H21ClN4O2S2. The number of carbonyl (C=O) groups is 2. The molecule has 1 N–H and O–H groups in total. The van der Waals surface area contributed by atoms with Gasteiger partial charge in [0.15, 0.2) is 5.13 Å². The summed E-state index contributed by atoms with van der Waals surface area (Å²) in [6, 6.07) is 11.5. The third-order valence-corrected chi connectivity index (χ3v) is 6.78. The Hall–Kier alpha value is -2.26. The van der Waals surface area contributed by atoms with E-state index in [1.807, 2.05) is 39.9 Å². The van der Waals surface area contributed by atoms with Gasteiger partial charge in [0.1, 0.15) is 0 Å². The van der Waals surface area contributed by atoms with Gasteiger partial charge in [0.05, 0.1) is 17.0 Å². The van der Waals surface area contributed by atoms with Crippen molar-refractivity contribution in [3.05, 3.63) is 68.3 Å². The first-order valence-electron chi connectivity index (χ1n) is 9.60. The number of rotatable bonds is 6. The third kappa shape index (κ3) is 5.46. The van der Waals surface area contributed by atoms with Crippen molar-refractivity contribution in [1.82, 2.24) is 14.8 Å². The Morgan fingerprint density at radius 3 is 2.67 bits per heavy atom. The largest absolute Gasteiger partial charge is 0.340 e. The molecule has 1 aliphatic heterocycles. The van der Waals surface area contributed by atoms with Crippen LogP contribution in [-0.2, 0) is 17.8 Å².